The Kier molecular flexibility index (Phi) is 14.7. The number of benzene rings is 3. The Balaban J connectivity index is 1.31. The summed E-state index contributed by atoms with van der Waals surface area (Å²) in [5.74, 6) is 0.542. The summed E-state index contributed by atoms with van der Waals surface area (Å²) in [6.07, 6.45) is 14.9. The lowest BCUT2D eigenvalue weighted by molar-refractivity contribution is -0.132. The van der Waals surface area contributed by atoms with Crippen LogP contribution in [0.15, 0.2) is 103 Å². The van der Waals surface area contributed by atoms with Gasteiger partial charge in [-0.15, -0.1) is 22.7 Å². The fourth-order valence-corrected chi connectivity index (χ4v) is 7.40. The molecule has 0 bridgehead atoms. The number of nitriles is 1. The van der Waals surface area contributed by atoms with Crippen LogP contribution in [0.5, 0.6) is 11.5 Å². The minimum Gasteiger partial charge on any atom is -0.494 e. The zero-order valence-corrected chi connectivity index (χ0v) is 31.6. The van der Waals surface area contributed by atoms with Crippen molar-refractivity contribution in [1.29, 1.82) is 5.26 Å². The molecular weight excluding hydrogens is 685 g/mol. The molecule has 5 aromatic rings. The number of ether oxygens (including phenoxy) is 2. The Bertz CT molecular complexity index is 1890. The van der Waals surface area contributed by atoms with Crippen molar-refractivity contribution in [2.45, 2.75) is 65.2 Å². The molecule has 268 valence electrons. The molecule has 5 rings (SSSR count). The first-order valence-electron chi connectivity index (χ1n) is 18.1. The van der Waals surface area contributed by atoms with Gasteiger partial charge in [0.15, 0.2) is 0 Å². The summed E-state index contributed by atoms with van der Waals surface area (Å²) in [6, 6.07) is 35.0. The van der Waals surface area contributed by atoms with Crippen molar-refractivity contribution >= 4 is 63.9 Å². The van der Waals surface area contributed by atoms with Gasteiger partial charge in [0.1, 0.15) is 23.1 Å². The molecule has 0 saturated heterocycles. The first-order chi connectivity index (χ1) is 25.5. The molecule has 1 N–H and O–H groups in total. The van der Waals surface area contributed by atoms with Crippen molar-refractivity contribution in [2.24, 2.45) is 0 Å². The molecule has 52 heavy (non-hydrogen) atoms. The van der Waals surface area contributed by atoms with E-state index < -0.39 is 5.97 Å². The van der Waals surface area contributed by atoms with Crippen LogP contribution in [0.1, 0.15) is 79.8 Å². The zero-order valence-electron chi connectivity index (χ0n) is 29.9. The average Bonchev–Trinajstić information content (AvgIpc) is 3.84. The molecule has 0 spiro atoms. The van der Waals surface area contributed by atoms with Gasteiger partial charge in [0, 0.05) is 36.6 Å². The second-order valence-electron chi connectivity index (χ2n) is 12.4. The summed E-state index contributed by atoms with van der Waals surface area (Å²) in [7, 11) is 0. The van der Waals surface area contributed by atoms with E-state index in [2.05, 4.69) is 110 Å². The fourth-order valence-electron chi connectivity index (χ4n) is 5.62. The lowest BCUT2D eigenvalue weighted by Gasteiger charge is -2.26. The second kappa shape index (κ2) is 20.1. The van der Waals surface area contributed by atoms with Gasteiger partial charge in [0.25, 0.3) is 0 Å². The molecule has 0 saturated carbocycles. The van der Waals surface area contributed by atoms with Crippen molar-refractivity contribution < 1.29 is 19.4 Å². The van der Waals surface area contributed by atoms with E-state index in [1.54, 1.807) is 17.4 Å². The van der Waals surface area contributed by atoms with E-state index in [1.165, 1.54) is 55.9 Å². The number of carboxylic acids is 1. The normalized spacial score (nSPS) is 11.4. The Labute approximate surface area is 315 Å². The van der Waals surface area contributed by atoms with Gasteiger partial charge < -0.3 is 19.5 Å². The van der Waals surface area contributed by atoms with Gasteiger partial charge in [-0.3, -0.25) is 0 Å². The molecule has 0 unspecified atom stereocenters. The van der Waals surface area contributed by atoms with Crippen molar-refractivity contribution in [1.82, 2.24) is 0 Å². The molecule has 2 aromatic heterocycles. The maximum absolute atomic E-state index is 11.2. The summed E-state index contributed by atoms with van der Waals surface area (Å²) in [5, 5.41) is 18.2. The lowest BCUT2D eigenvalue weighted by Crippen LogP contribution is -2.10. The molecule has 0 fully saturated rings. The van der Waals surface area contributed by atoms with Gasteiger partial charge >= 0.3 is 5.97 Å². The zero-order chi connectivity index (χ0) is 36.5. The molecule has 0 aliphatic heterocycles. The first-order valence-corrected chi connectivity index (χ1v) is 19.7. The fraction of sp³-hybridized carbons (Fsp3) is 0.273. The minimum absolute atomic E-state index is 0.276. The van der Waals surface area contributed by atoms with E-state index in [1.807, 2.05) is 18.2 Å². The molecule has 0 amide bonds. The van der Waals surface area contributed by atoms with Gasteiger partial charge in [0.2, 0.25) is 0 Å². The molecule has 2 heterocycles. The third kappa shape index (κ3) is 11.2. The maximum Gasteiger partial charge on any atom is 0.346 e. The van der Waals surface area contributed by atoms with E-state index in [9.17, 15) is 4.79 Å². The number of carboxylic acid groups (broad SMARTS) is 1. The Hall–Kier alpha value is -5.10. The predicted molar refractivity (Wildman–Crippen MR) is 218 cm³/mol. The SMILES string of the molecule is CCCCCCOc1ccc(N(c2ccc(OCCCCCC)cc2)c2ccc(-c3ccc(/C=C/c4ccc(/C=C(/C#N)C(=O)O)s4)s3)cc2)cc1. The van der Waals surface area contributed by atoms with Crippen LogP contribution in [0.25, 0.3) is 28.7 Å². The van der Waals surface area contributed by atoms with Gasteiger partial charge in [-0.25, -0.2) is 4.79 Å². The van der Waals surface area contributed by atoms with Crippen LogP contribution in [-0.4, -0.2) is 24.3 Å². The molecule has 3 aromatic carbocycles. The summed E-state index contributed by atoms with van der Waals surface area (Å²) >= 11 is 3.14. The van der Waals surface area contributed by atoms with Crippen molar-refractivity contribution in [2.75, 3.05) is 18.1 Å². The van der Waals surface area contributed by atoms with Crippen LogP contribution < -0.4 is 14.4 Å². The summed E-state index contributed by atoms with van der Waals surface area (Å²) in [5.41, 5.74) is 3.99. The Morgan fingerprint density at radius 3 is 1.63 bits per heavy atom. The highest BCUT2D eigenvalue weighted by atomic mass is 32.1. The number of carbonyl (C=O) groups is 1. The molecule has 0 aliphatic rings. The number of aliphatic carboxylic acids is 1. The summed E-state index contributed by atoms with van der Waals surface area (Å²) < 4.78 is 12.1. The highest BCUT2D eigenvalue weighted by molar-refractivity contribution is 7.16. The van der Waals surface area contributed by atoms with Gasteiger partial charge in [-0.2, -0.15) is 5.26 Å². The molecule has 0 radical (unpaired) electrons. The third-order valence-corrected chi connectivity index (χ3v) is 10.6. The van der Waals surface area contributed by atoms with E-state index >= 15 is 0 Å². The van der Waals surface area contributed by atoms with Crippen LogP contribution in [0.3, 0.4) is 0 Å². The van der Waals surface area contributed by atoms with E-state index in [-0.39, 0.29) is 5.57 Å². The smallest absolute Gasteiger partial charge is 0.346 e. The van der Waals surface area contributed by atoms with Crippen molar-refractivity contribution in [3.8, 4) is 28.0 Å². The highest BCUT2D eigenvalue weighted by Gasteiger charge is 2.14. The van der Waals surface area contributed by atoms with Crippen LogP contribution in [0, 0.1) is 11.3 Å². The topological polar surface area (TPSA) is 82.8 Å². The molecule has 6 nitrogen and oxygen atoms in total. The average molecular weight is 731 g/mol. The molecule has 0 atom stereocenters. The van der Waals surface area contributed by atoms with Crippen LogP contribution in [0.2, 0.25) is 0 Å². The molecule has 8 heteroatoms. The van der Waals surface area contributed by atoms with Gasteiger partial charge in [-0.1, -0.05) is 64.5 Å². The highest BCUT2D eigenvalue weighted by Crippen LogP contribution is 2.38. The van der Waals surface area contributed by atoms with Gasteiger partial charge in [0.05, 0.1) is 13.2 Å². The lowest BCUT2D eigenvalue weighted by atomic mass is 10.1. The maximum atomic E-state index is 11.2. The van der Waals surface area contributed by atoms with E-state index in [0.717, 1.165) is 79.7 Å². The quantitative estimate of drug-likeness (QED) is 0.0488. The van der Waals surface area contributed by atoms with E-state index in [0.29, 0.717) is 0 Å². The number of rotatable bonds is 20. The number of hydrogen-bond donors (Lipinski definition) is 1. The van der Waals surface area contributed by atoms with Crippen molar-refractivity contribution in [3.63, 3.8) is 0 Å². The minimum atomic E-state index is -1.22. The number of thiophene rings is 2. The van der Waals surface area contributed by atoms with Crippen molar-refractivity contribution in [3.05, 3.63) is 117 Å². The Morgan fingerprint density at radius 2 is 1.13 bits per heavy atom. The number of nitrogens with zero attached hydrogens (tertiary/aromatic N) is 2. The largest absolute Gasteiger partial charge is 0.494 e. The van der Waals surface area contributed by atoms with Crippen LogP contribution in [-0.2, 0) is 4.79 Å². The number of unbranched alkanes of at least 4 members (excludes halogenated alkanes) is 6. The summed E-state index contributed by atoms with van der Waals surface area (Å²) in [6.45, 7) is 5.90. The monoisotopic (exact) mass is 730 g/mol. The summed E-state index contributed by atoms with van der Waals surface area (Å²) in [4.78, 5) is 17.4. The third-order valence-electron chi connectivity index (χ3n) is 8.46. The van der Waals surface area contributed by atoms with E-state index in [4.69, 9.17) is 19.8 Å². The van der Waals surface area contributed by atoms with Crippen LogP contribution in [0.4, 0.5) is 17.1 Å². The standard InChI is InChI=1S/C44H46N2O4S2/c1-3-5-7-9-29-49-38-19-15-36(16-20-38)46(37-17-21-39(22-18-37)50-30-10-8-6-4-2)35-13-11-33(12-14-35)43-28-27-41(52-43)24-23-40-25-26-42(51-40)31-34(32-45)44(47)48/h11-28,31H,3-10,29-30H2,1-2H3,(H,47,48)/b24-23+,34-31-. The second-order valence-corrected chi connectivity index (χ2v) is 14.7. The molecular formula is C44H46N2O4S2. The first kappa shape index (κ1) is 38.1. The molecule has 0 aliphatic carbocycles. The Morgan fingerprint density at radius 1 is 0.654 bits per heavy atom. The van der Waals surface area contributed by atoms with Gasteiger partial charge in [-0.05, 0) is 122 Å². The number of hydrogen-bond acceptors (Lipinski definition) is 7. The number of anilines is 3. The predicted octanol–water partition coefficient (Wildman–Crippen LogP) is 13.0. The van der Waals surface area contributed by atoms with Crippen LogP contribution >= 0.6 is 22.7 Å².